The van der Waals surface area contributed by atoms with E-state index in [1.165, 1.54) is 0 Å². The first-order valence-electron chi connectivity index (χ1n) is 9.09. The van der Waals surface area contributed by atoms with Gasteiger partial charge in [-0.3, -0.25) is 14.4 Å². The Bertz CT molecular complexity index is 849. The minimum absolute atomic E-state index is 0.00512. The maximum absolute atomic E-state index is 12.1. The second-order valence-corrected chi connectivity index (χ2v) is 6.56. The monoisotopic (exact) mass is 365 g/mol. The van der Waals surface area contributed by atoms with Crippen LogP contribution in [0.3, 0.4) is 0 Å². The maximum atomic E-state index is 12.1. The van der Waals surface area contributed by atoms with E-state index in [4.69, 9.17) is 0 Å². The van der Waals surface area contributed by atoms with E-state index in [1.54, 1.807) is 17.9 Å². The predicted molar refractivity (Wildman–Crippen MR) is 105 cm³/mol. The van der Waals surface area contributed by atoms with Crippen molar-refractivity contribution in [3.63, 3.8) is 0 Å². The molecule has 1 aliphatic rings. The van der Waals surface area contributed by atoms with Crippen LogP contribution in [0.4, 0.5) is 11.4 Å². The van der Waals surface area contributed by atoms with Gasteiger partial charge < -0.3 is 15.5 Å². The molecule has 0 saturated carbocycles. The van der Waals surface area contributed by atoms with Crippen LogP contribution in [0, 0.1) is 0 Å². The number of fused-ring (bicyclic) bond motifs is 1. The fourth-order valence-corrected chi connectivity index (χ4v) is 3.24. The topological polar surface area (TPSA) is 78.5 Å². The number of carbonyl (C=O) groups is 3. The van der Waals surface area contributed by atoms with Crippen LogP contribution in [0.2, 0.25) is 0 Å². The standard InChI is InChI=1S/C21H23N3O3/c1-15(25)24-13-5-8-17-14-18(9-10-19(17)24)23-21(27)20(26)22-12-11-16-6-3-2-4-7-16/h2-4,6-7,9-10,14H,5,8,11-13H2,1H3,(H,22,26)(H,23,27). The zero-order valence-electron chi connectivity index (χ0n) is 15.3. The third kappa shape index (κ3) is 4.73. The number of carbonyl (C=O) groups excluding carboxylic acids is 3. The van der Waals surface area contributed by atoms with Crippen LogP contribution in [0.25, 0.3) is 0 Å². The maximum Gasteiger partial charge on any atom is 0.313 e. The van der Waals surface area contributed by atoms with Crippen molar-refractivity contribution in [1.82, 2.24) is 5.32 Å². The molecular weight excluding hydrogens is 342 g/mol. The molecule has 0 spiro atoms. The summed E-state index contributed by atoms with van der Waals surface area (Å²) in [5, 5.41) is 5.26. The van der Waals surface area contributed by atoms with Gasteiger partial charge in [0, 0.05) is 31.4 Å². The van der Waals surface area contributed by atoms with E-state index in [1.807, 2.05) is 42.5 Å². The van der Waals surface area contributed by atoms with Gasteiger partial charge in [0.05, 0.1) is 0 Å². The Labute approximate surface area is 158 Å². The number of benzene rings is 2. The molecule has 0 aromatic heterocycles. The molecule has 0 aliphatic carbocycles. The van der Waals surface area contributed by atoms with E-state index < -0.39 is 11.8 Å². The lowest BCUT2D eigenvalue weighted by Crippen LogP contribution is -2.36. The molecule has 6 nitrogen and oxygen atoms in total. The minimum atomic E-state index is -0.692. The van der Waals surface area contributed by atoms with E-state index in [2.05, 4.69) is 10.6 Å². The number of aryl methyl sites for hydroxylation is 1. The lowest BCUT2D eigenvalue weighted by atomic mass is 10.0. The van der Waals surface area contributed by atoms with Crippen molar-refractivity contribution < 1.29 is 14.4 Å². The summed E-state index contributed by atoms with van der Waals surface area (Å²) in [6.45, 7) is 2.65. The first-order valence-corrected chi connectivity index (χ1v) is 9.09. The Balaban J connectivity index is 1.56. The fourth-order valence-electron chi connectivity index (χ4n) is 3.24. The number of anilines is 2. The van der Waals surface area contributed by atoms with Gasteiger partial charge in [0.1, 0.15) is 0 Å². The smallest absolute Gasteiger partial charge is 0.313 e. The molecule has 6 heteroatoms. The SMILES string of the molecule is CC(=O)N1CCCc2cc(NC(=O)C(=O)NCCc3ccccc3)ccc21. The van der Waals surface area contributed by atoms with Gasteiger partial charge in [-0.2, -0.15) is 0 Å². The van der Waals surface area contributed by atoms with Crippen LogP contribution in [0.15, 0.2) is 48.5 Å². The van der Waals surface area contributed by atoms with Crippen molar-refractivity contribution in [2.45, 2.75) is 26.2 Å². The van der Waals surface area contributed by atoms with Crippen molar-refractivity contribution in [2.75, 3.05) is 23.3 Å². The zero-order chi connectivity index (χ0) is 19.2. The highest BCUT2D eigenvalue weighted by Gasteiger charge is 2.21. The summed E-state index contributed by atoms with van der Waals surface area (Å²) in [4.78, 5) is 37.6. The number of hydrogen-bond donors (Lipinski definition) is 2. The first-order chi connectivity index (χ1) is 13.0. The molecule has 2 N–H and O–H groups in total. The Kier molecular flexibility index (Phi) is 5.86. The van der Waals surface area contributed by atoms with E-state index in [9.17, 15) is 14.4 Å². The average Bonchev–Trinajstić information content (AvgIpc) is 2.68. The van der Waals surface area contributed by atoms with Crippen molar-refractivity contribution in [3.05, 3.63) is 59.7 Å². The van der Waals surface area contributed by atoms with Crippen LogP contribution in [-0.4, -0.2) is 30.8 Å². The van der Waals surface area contributed by atoms with E-state index in [-0.39, 0.29) is 5.91 Å². The summed E-state index contributed by atoms with van der Waals surface area (Å²) in [5.74, 6) is -1.35. The second kappa shape index (κ2) is 8.49. The van der Waals surface area contributed by atoms with Crippen molar-refractivity contribution >= 4 is 29.1 Å². The highest BCUT2D eigenvalue weighted by atomic mass is 16.2. The molecule has 0 atom stereocenters. The molecule has 0 radical (unpaired) electrons. The summed E-state index contributed by atoms with van der Waals surface area (Å²) in [7, 11) is 0. The van der Waals surface area contributed by atoms with Gasteiger partial charge >= 0.3 is 11.8 Å². The molecule has 27 heavy (non-hydrogen) atoms. The number of amides is 3. The summed E-state index contributed by atoms with van der Waals surface area (Å²) >= 11 is 0. The van der Waals surface area contributed by atoms with Crippen LogP contribution in [-0.2, 0) is 27.2 Å². The summed E-state index contributed by atoms with van der Waals surface area (Å²) < 4.78 is 0. The van der Waals surface area contributed by atoms with E-state index in [0.29, 0.717) is 25.2 Å². The largest absolute Gasteiger partial charge is 0.347 e. The predicted octanol–water partition coefficient (Wildman–Crippen LogP) is 2.28. The van der Waals surface area contributed by atoms with Crippen molar-refractivity contribution in [2.24, 2.45) is 0 Å². The molecule has 3 amide bonds. The van der Waals surface area contributed by atoms with Crippen LogP contribution >= 0.6 is 0 Å². The number of rotatable bonds is 4. The van der Waals surface area contributed by atoms with E-state index >= 15 is 0 Å². The molecule has 0 bridgehead atoms. The molecule has 1 heterocycles. The molecule has 0 fully saturated rings. The Morgan fingerprint density at radius 3 is 2.56 bits per heavy atom. The van der Waals surface area contributed by atoms with Gasteiger partial charge in [-0.1, -0.05) is 30.3 Å². The lowest BCUT2D eigenvalue weighted by molar-refractivity contribution is -0.136. The Morgan fingerprint density at radius 1 is 1.04 bits per heavy atom. The molecule has 0 unspecified atom stereocenters. The van der Waals surface area contributed by atoms with Gasteiger partial charge in [-0.25, -0.2) is 0 Å². The Hall–Kier alpha value is -3.15. The fraction of sp³-hybridized carbons (Fsp3) is 0.286. The molecule has 1 aliphatic heterocycles. The third-order valence-corrected chi connectivity index (χ3v) is 4.58. The highest BCUT2D eigenvalue weighted by Crippen LogP contribution is 2.29. The average molecular weight is 365 g/mol. The van der Waals surface area contributed by atoms with Crippen LogP contribution in [0.1, 0.15) is 24.5 Å². The summed E-state index contributed by atoms with van der Waals surface area (Å²) in [5.41, 5.74) is 3.53. The van der Waals surface area contributed by atoms with E-state index in [0.717, 1.165) is 29.7 Å². The quantitative estimate of drug-likeness (QED) is 0.816. The first kappa shape index (κ1) is 18.6. The van der Waals surface area contributed by atoms with Crippen LogP contribution < -0.4 is 15.5 Å². The van der Waals surface area contributed by atoms with Gasteiger partial charge in [-0.15, -0.1) is 0 Å². The van der Waals surface area contributed by atoms with Gasteiger partial charge in [0.15, 0.2) is 0 Å². The van der Waals surface area contributed by atoms with Gasteiger partial charge in [-0.05, 0) is 48.6 Å². The third-order valence-electron chi connectivity index (χ3n) is 4.58. The van der Waals surface area contributed by atoms with Crippen molar-refractivity contribution in [3.8, 4) is 0 Å². The number of nitrogens with one attached hydrogen (secondary N) is 2. The molecule has 2 aromatic rings. The zero-order valence-corrected chi connectivity index (χ0v) is 15.3. The Morgan fingerprint density at radius 2 is 1.81 bits per heavy atom. The van der Waals surface area contributed by atoms with Crippen molar-refractivity contribution in [1.29, 1.82) is 0 Å². The second-order valence-electron chi connectivity index (χ2n) is 6.56. The normalized spacial score (nSPS) is 12.9. The van der Waals surface area contributed by atoms with Crippen LogP contribution in [0.5, 0.6) is 0 Å². The molecule has 0 saturated heterocycles. The van der Waals surface area contributed by atoms with Gasteiger partial charge in [0.2, 0.25) is 5.91 Å². The summed E-state index contributed by atoms with van der Waals surface area (Å²) in [6, 6.07) is 15.1. The molecular formula is C21H23N3O3. The lowest BCUT2D eigenvalue weighted by Gasteiger charge is -2.28. The molecule has 3 rings (SSSR count). The highest BCUT2D eigenvalue weighted by molar-refractivity contribution is 6.39. The minimum Gasteiger partial charge on any atom is -0.347 e. The molecule has 2 aromatic carbocycles. The number of nitrogens with zero attached hydrogens (tertiary/aromatic N) is 1. The summed E-state index contributed by atoms with van der Waals surface area (Å²) in [6.07, 6.45) is 2.38. The molecule has 140 valence electrons. The number of hydrogen-bond acceptors (Lipinski definition) is 3. The van der Waals surface area contributed by atoms with Gasteiger partial charge in [0.25, 0.3) is 0 Å².